The minimum atomic E-state index is 0.0776. The number of aromatic nitrogens is 3. The highest BCUT2D eigenvalue weighted by atomic mass is 16.3. The third-order valence-electron chi connectivity index (χ3n) is 1.58. The summed E-state index contributed by atoms with van der Waals surface area (Å²) in [6.07, 6.45) is 0. The molecule has 0 unspecified atom stereocenters. The second kappa shape index (κ2) is 3.45. The van der Waals surface area contributed by atoms with Crippen LogP contribution in [0, 0.1) is 6.92 Å². The van der Waals surface area contributed by atoms with Gasteiger partial charge in [0.05, 0.1) is 24.5 Å². The Hall–Kier alpha value is -0.940. The normalized spacial score (nSPS) is 10.5. The van der Waals surface area contributed by atoms with Crippen LogP contribution in [0.4, 0.5) is 0 Å². The zero-order valence-corrected chi connectivity index (χ0v) is 6.49. The van der Waals surface area contributed by atoms with E-state index in [2.05, 4.69) is 10.3 Å². The van der Waals surface area contributed by atoms with Gasteiger partial charge in [0.25, 0.3) is 0 Å². The Labute approximate surface area is 64.8 Å². The van der Waals surface area contributed by atoms with Crippen molar-refractivity contribution in [1.29, 1.82) is 0 Å². The molecule has 5 nitrogen and oxygen atoms in total. The monoisotopic (exact) mass is 156 g/mol. The molecule has 0 saturated heterocycles. The van der Waals surface area contributed by atoms with E-state index in [0.29, 0.717) is 13.1 Å². The Morgan fingerprint density at radius 3 is 2.82 bits per heavy atom. The molecule has 1 heterocycles. The molecule has 0 saturated carbocycles. The fraction of sp³-hybridized carbons (Fsp3) is 0.667. The molecular weight excluding hydrogens is 144 g/mol. The van der Waals surface area contributed by atoms with Gasteiger partial charge < -0.3 is 10.8 Å². The van der Waals surface area contributed by atoms with E-state index in [4.69, 9.17) is 10.8 Å². The Morgan fingerprint density at radius 2 is 2.36 bits per heavy atom. The van der Waals surface area contributed by atoms with Crippen molar-refractivity contribution in [3.8, 4) is 0 Å². The summed E-state index contributed by atoms with van der Waals surface area (Å²) in [6.45, 7) is 2.85. The maximum atomic E-state index is 8.61. The topological polar surface area (TPSA) is 77.0 Å². The van der Waals surface area contributed by atoms with Crippen molar-refractivity contribution >= 4 is 0 Å². The Bertz CT molecular complexity index is 232. The van der Waals surface area contributed by atoms with E-state index in [1.54, 1.807) is 4.68 Å². The average molecular weight is 156 g/mol. The van der Waals surface area contributed by atoms with E-state index < -0.39 is 0 Å². The molecule has 0 aliphatic heterocycles. The molecule has 0 fully saturated rings. The number of aliphatic hydroxyl groups excluding tert-OH is 1. The van der Waals surface area contributed by atoms with Crippen LogP contribution >= 0.6 is 0 Å². The minimum absolute atomic E-state index is 0.0776. The SMILES string of the molecule is Cc1c(CN)nnn1CCO. The van der Waals surface area contributed by atoms with Crippen molar-refractivity contribution in [2.75, 3.05) is 6.61 Å². The highest BCUT2D eigenvalue weighted by Crippen LogP contribution is 2.00. The van der Waals surface area contributed by atoms with Crippen LogP contribution in [0.25, 0.3) is 0 Å². The van der Waals surface area contributed by atoms with E-state index in [-0.39, 0.29) is 6.61 Å². The van der Waals surface area contributed by atoms with E-state index in [1.165, 1.54) is 0 Å². The second-order valence-corrected chi connectivity index (χ2v) is 2.27. The molecule has 0 aliphatic carbocycles. The number of nitrogens with two attached hydrogens (primary N) is 1. The zero-order valence-electron chi connectivity index (χ0n) is 6.49. The van der Waals surface area contributed by atoms with Gasteiger partial charge in [-0.15, -0.1) is 5.10 Å². The lowest BCUT2D eigenvalue weighted by Crippen LogP contribution is -2.06. The van der Waals surface area contributed by atoms with Gasteiger partial charge in [-0.25, -0.2) is 4.68 Å². The van der Waals surface area contributed by atoms with Gasteiger partial charge in [-0.3, -0.25) is 0 Å². The summed E-state index contributed by atoms with van der Waals surface area (Å²) in [7, 11) is 0. The van der Waals surface area contributed by atoms with Crippen LogP contribution in [-0.4, -0.2) is 26.7 Å². The first-order chi connectivity index (χ1) is 5.29. The van der Waals surface area contributed by atoms with Gasteiger partial charge in [-0.2, -0.15) is 0 Å². The van der Waals surface area contributed by atoms with Gasteiger partial charge >= 0.3 is 0 Å². The highest BCUT2D eigenvalue weighted by Gasteiger charge is 2.04. The van der Waals surface area contributed by atoms with Crippen molar-refractivity contribution in [3.05, 3.63) is 11.4 Å². The highest BCUT2D eigenvalue weighted by molar-refractivity contribution is 5.06. The number of hydrogen-bond acceptors (Lipinski definition) is 4. The molecule has 62 valence electrons. The first-order valence-electron chi connectivity index (χ1n) is 3.49. The van der Waals surface area contributed by atoms with Crippen LogP contribution in [-0.2, 0) is 13.1 Å². The molecule has 5 heteroatoms. The van der Waals surface area contributed by atoms with Crippen molar-refractivity contribution in [2.24, 2.45) is 5.73 Å². The fourth-order valence-corrected chi connectivity index (χ4v) is 0.892. The van der Waals surface area contributed by atoms with E-state index >= 15 is 0 Å². The molecule has 0 amide bonds. The fourth-order valence-electron chi connectivity index (χ4n) is 0.892. The van der Waals surface area contributed by atoms with Crippen LogP contribution in [0.1, 0.15) is 11.4 Å². The smallest absolute Gasteiger partial charge is 0.0991 e. The van der Waals surface area contributed by atoms with Crippen molar-refractivity contribution in [1.82, 2.24) is 15.0 Å². The lowest BCUT2D eigenvalue weighted by atomic mass is 10.3. The molecule has 1 aromatic rings. The number of aliphatic hydroxyl groups is 1. The summed E-state index contributed by atoms with van der Waals surface area (Å²) >= 11 is 0. The van der Waals surface area contributed by atoms with Gasteiger partial charge in [0.1, 0.15) is 0 Å². The molecule has 1 aromatic heterocycles. The van der Waals surface area contributed by atoms with E-state index in [1.807, 2.05) is 6.92 Å². The summed E-state index contributed by atoms with van der Waals surface area (Å²) in [5.41, 5.74) is 7.10. The first kappa shape index (κ1) is 8.16. The predicted octanol–water partition coefficient (Wildman–Crippen LogP) is -0.962. The molecule has 0 aliphatic rings. The minimum Gasteiger partial charge on any atom is -0.394 e. The van der Waals surface area contributed by atoms with Gasteiger partial charge in [0.2, 0.25) is 0 Å². The summed E-state index contributed by atoms with van der Waals surface area (Å²) in [6, 6.07) is 0. The molecule has 0 bridgehead atoms. The Balaban J connectivity index is 2.82. The van der Waals surface area contributed by atoms with Crippen molar-refractivity contribution in [2.45, 2.75) is 20.0 Å². The summed E-state index contributed by atoms with van der Waals surface area (Å²) in [5.74, 6) is 0. The van der Waals surface area contributed by atoms with Gasteiger partial charge in [-0.05, 0) is 6.92 Å². The van der Waals surface area contributed by atoms with Crippen LogP contribution in [0.5, 0.6) is 0 Å². The standard InChI is InChI=1S/C6H12N4O/c1-5-6(4-7)8-9-10(5)2-3-11/h11H,2-4,7H2,1H3. The summed E-state index contributed by atoms with van der Waals surface area (Å²) in [5, 5.41) is 16.2. The molecule has 0 radical (unpaired) electrons. The summed E-state index contributed by atoms with van der Waals surface area (Å²) < 4.78 is 1.64. The van der Waals surface area contributed by atoms with Crippen molar-refractivity contribution in [3.63, 3.8) is 0 Å². The molecule has 0 aromatic carbocycles. The quantitative estimate of drug-likeness (QED) is 0.590. The Morgan fingerprint density at radius 1 is 1.64 bits per heavy atom. The average Bonchev–Trinajstić information content (AvgIpc) is 2.34. The lowest BCUT2D eigenvalue weighted by molar-refractivity contribution is 0.266. The number of nitrogens with zero attached hydrogens (tertiary/aromatic N) is 3. The van der Waals surface area contributed by atoms with Crippen LogP contribution < -0.4 is 5.73 Å². The largest absolute Gasteiger partial charge is 0.394 e. The molecule has 0 atom stereocenters. The molecular formula is C6H12N4O. The maximum Gasteiger partial charge on any atom is 0.0991 e. The van der Waals surface area contributed by atoms with Crippen molar-refractivity contribution < 1.29 is 5.11 Å². The van der Waals surface area contributed by atoms with Gasteiger partial charge in [-0.1, -0.05) is 5.21 Å². The van der Waals surface area contributed by atoms with E-state index in [9.17, 15) is 0 Å². The third kappa shape index (κ3) is 1.55. The first-order valence-corrected chi connectivity index (χ1v) is 3.49. The molecule has 1 rings (SSSR count). The van der Waals surface area contributed by atoms with Gasteiger partial charge in [0.15, 0.2) is 0 Å². The maximum absolute atomic E-state index is 8.61. The number of rotatable bonds is 3. The predicted molar refractivity (Wildman–Crippen MR) is 39.7 cm³/mol. The molecule has 11 heavy (non-hydrogen) atoms. The third-order valence-corrected chi connectivity index (χ3v) is 1.58. The molecule has 0 spiro atoms. The van der Waals surface area contributed by atoms with Crippen LogP contribution in [0.2, 0.25) is 0 Å². The summed E-state index contributed by atoms with van der Waals surface area (Å²) in [4.78, 5) is 0. The molecule has 3 N–H and O–H groups in total. The number of hydrogen-bond donors (Lipinski definition) is 2. The second-order valence-electron chi connectivity index (χ2n) is 2.27. The lowest BCUT2D eigenvalue weighted by Gasteiger charge is -1.98. The van der Waals surface area contributed by atoms with Crippen LogP contribution in [0.15, 0.2) is 0 Å². The Kier molecular flexibility index (Phi) is 2.56. The van der Waals surface area contributed by atoms with Gasteiger partial charge in [0, 0.05) is 6.54 Å². The zero-order chi connectivity index (χ0) is 8.27. The van der Waals surface area contributed by atoms with Crippen LogP contribution in [0.3, 0.4) is 0 Å². The van der Waals surface area contributed by atoms with E-state index in [0.717, 1.165) is 11.4 Å².